The van der Waals surface area contributed by atoms with Crippen molar-refractivity contribution in [1.29, 1.82) is 0 Å². The molecule has 4 rings (SSSR count). The zero-order valence-electron chi connectivity index (χ0n) is 15.7. The van der Waals surface area contributed by atoms with Crippen molar-refractivity contribution < 1.29 is 4.74 Å². The van der Waals surface area contributed by atoms with E-state index >= 15 is 0 Å². The first kappa shape index (κ1) is 17.5. The van der Waals surface area contributed by atoms with Crippen LogP contribution in [0.15, 0.2) is 61.2 Å². The van der Waals surface area contributed by atoms with Gasteiger partial charge < -0.3 is 15.0 Å². The third-order valence-electron chi connectivity index (χ3n) is 4.80. The predicted octanol–water partition coefficient (Wildman–Crippen LogP) is 3.49. The topological polar surface area (TPSA) is 55.2 Å². The van der Waals surface area contributed by atoms with Gasteiger partial charge in [0.25, 0.3) is 0 Å². The molecule has 2 heterocycles. The van der Waals surface area contributed by atoms with Gasteiger partial charge in [-0.1, -0.05) is 24.3 Å². The molecule has 6 nitrogen and oxygen atoms in total. The molecule has 0 spiro atoms. The molecule has 2 aromatic carbocycles. The number of hydrogen-bond acceptors (Lipinski definition) is 5. The van der Waals surface area contributed by atoms with Crippen LogP contribution in [-0.2, 0) is 11.3 Å². The minimum atomic E-state index is 0.246. The number of aromatic nitrogens is 3. The van der Waals surface area contributed by atoms with Crippen LogP contribution in [0.2, 0.25) is 0 Å². The summed E-state index contributed by atoms with van der Waals surface area (Å²) in [5.74, 6) is 0. The van der Waals surface area contributed by atoms with E-state index in [1.165, 1.54) is 11.3 Å². The number of nitrogens with one attached hydrogen (secondary N) is 1. The van der Waals surface area contributed by atoms with E-state index in [0.717, 1.165) is 31.0 Å². The van der Waals surface area contributed by atoms with E-state index < -0.39 is 0 Å². The average Bonchev–Trinajstić information content (AvgIpc) is 3.21. The fourth-order valence-electron chi connectivity index (χ4n) is 3.65. The highest BCUT2D eigenvalue weighted by Gasteiger charge is 2.23. The summed E-state index contributed by atoms with van der Waals surface area (Å²) in [7, 11) is 0. The Labute approximate surface area is 159 Å². The number of hydrogen-bond donors (Lipinski definition) is 1. The Morgan fingerprint density at radius 3 is 2.52 bits per heavy atom. The lowest BCUT2D eigenvalue weighted by Crippen LogP contribution is -2.45. The smallest absolute Gasteiger partial charge is 0.123 e. The van der Waals surface area contributed by atoms with Gasteiger partial charge in [-0.15, -0.1) is 10.2 Å². The van der Waals surface area contributed by atoms with Gasteiger partial charge in [0.05, 0.1) is 17.9 Å². The van der Waals surface area contributed by atoms with Crippen molar-refractivity contribution in [3.8, 4) is 5.69 Å². The van der Waals surface area contributed by atoms with Crippen molar-refractivity contribution in [2.24, 2.45) is 0 Å². The molecule has 27 heavy (non-hydrogen) atoms. The van der Waals surface area contributed by atoms with Crippen LogP contribution in [0.4, 0.5) is 11.4 Å². The number of nitrogens with zero attached hydrogens (tertiary/aromatic N) is 4. The van der Waals surface area contributed by atoms with E-state index in [-0.39, 0.29) is 12.2 Å². The molecule has 0 radical (unpaired) electrons. The van der Waals surface area contributed by atoms with Gasteiger partial charge in [0, 0.05) is 31.0 Å². The van der Waals surface area contributed by atoms with E-state index in [9.17, 15) is 0 Å². The summed E-state index contributed by atoms with van der Waals surface area (Å²) in [5, 5.41) is 11.3. The van der Waals surface area contributed by atoms with Crippen molar-refractivity contribution in [2.45, 2.75) is 32.6 Å². The summed E-state index contributed by atoms with van der Waals surface area (Å²) >= 11 is 0. The van der Waals surface area contributed by atoms with Gasteiger partial charge in [-0.2, -0.15) is 0 Å². The first-order chi connectivity index (χ1) is 13.2. The normalized spacial score (nSPS) is 19.9. The van der Waals surface area contributed by atoms with Gasteiger partial charge in [0.1, 0.15) is 12.7 Å². The highest BCUT2D eigenvalue weighted by atomic mass is 16.5. The van der Waals surface area contributed by atoms with Gasteiger partial charge in [-0.25, -0.2) is 0 Å². The highest BCUT2D eigenvalue weighted by molar-refractivity contribution is 5.57. The molecule has 140 valence electrons. The Kier molecular flexibility index (Phi) is 5.07. The number of morpholine rings is 1. The average molecular weight is 363 g/mol. The number of rotatable bonds is 5. The second-order valence-electron chi connectivity index (χ2n) is 7.06. The quantitative estimate of drug-likeness (QED) is 0.752. The van der Waals surface area contributed by atoms with Gasteiger partial charge in [-0.05, 0) is 43.7 Å². The first-order valence-electron chi connectivity index (χ1n) is 9.36. The van der Waals surface area contributed by atoms with Crippen molar-refractivity contribution >= 4 is 11.4 Å². The predicted molar refractivity (Wildman–Crippen MR) is 107 cm³/mol. The molecule has 0 saturated carbocycles. The molecule has 0 amide bonds. The maximum absolute atomic E-state index is 5.89. The largest absolute Gasteiger partial charge is 0.381 e. The fraction of sp³-hybridized carbons (Fsp3) is 0.333. The molecule has 2 atom stereocenters. The van der Waals surface area contributed by atoms with Crippen LogP contribution in [-0.4, -0.2) is 40.1 Å². The van der Waals surface area contributed by atoms with Gasteiger partial charge in [0.2, 0.25) is 0 Å². The molecule has 1 saturated heterocycles. The van der Waals surface area contributed by atoms with Crippen molar-refractivity contribution in [2.75, 3.05) is 23.3 Å². The molecule has 1 fully saturated rings. The minimum Gasteiger partial charge on any atom is -0.381 e. The molecule has 1 aliphatic heterocycles. The lowest BCUT2D eigenvalue weighted by molar-refractivity contribution is -0.00525. The maximum atomic E-state index is 5.89. The molecule has 6 heteroatoms. The number of benzene rings is 2. The highest BCUT2D eigenvalue weighted by Crippen LogP contribution is 2.25. The van der Waals surface area contributed by atoms with Gasteiger partial charge >= 0.3 is 0 Å². The minimum absolute atomic E-state index is 0.246. The Bertz CT molecular complexity index is 870. The van der Waals surface area contributed by atoms with Crippen molar-refractivity contribution in [1.82, 2.24) is 14.8 Å². The van der Waals surface area contributed by atoms with Crippen LogP contribution in [0.1, 0.15) is 19.4 Å². The van der Waals surface area contributed by atoms with Crippen LogP contribution in [0.5, 0.6) is 0 Å². The molecule has 3 aromatic rings. The zero-order chi connectivity index (χ0) is 18.6. The number of para-hydroxylation sites is 1. The van der Waals surface area contributed by atoms with Crippen LogP contribution in [0, 0.1) is 0 Å². The van der Waals surface area contributed by atoms with Crippen LogP contribution >= 0.6 is 0 Å². The van der Waals surface area contributed by atoms with E-state index in [0.29, 0.717) is 0 Å². The summed E-state index contributed by atoms with van der Waals surface area (Å²) in [4.78, 5) is 2.43. The van der Waals surface area contributed by atoms with E-state index in [1.807, 2.05) is 16.7 Å². The van der Waals surface area contributed by atoms with Crippen LogP contribution in [0.25, 0.3) is 5.69 Å². The second-order valence-corrected chi connectivity index (χ2v) is 7.06. The zero-order valence-corrected chi connectivity index (χ0v) is 15.7. The SMILES string of the molecule is C[C@H]1CN(c2ccccc2CNc2cccc(-n3cnnc3)c2)C[C@H](C)O1. The molecule has 1 N–H and O–H groups in total. The lowest BCUT2D eigenvalue weighted by Gasteiger charge is -2.37. The maximum Gasteiger partial charge on any atom is 0.123 e. The standard InChI is InChI=1S/C21H25N5O/c1-16-12-25(13-17(2)27-16)21-9-4-3-6-18(21)11-22-19-7-5-8-20(10-19)26-14-23-24-15-26/h3-10,14-17,22H,11-13H2,1-2H3/t16-,17-/m0/s1. The Hall–Kier alpha value is -2.86. The number of ether oxygens (including phenoxy) is 1. The van der Waals surface area contributed by atoms with E-state index in [1.54, 1.807) is 12.7 Å². The summed E-state index contributed by atoms with van der Waals surface area (Å²) < 4.78 is 7.78. The summed E-state index contributed by atoms with van der Waals surface area (Å²) in [6, 6.07) is 16.9. The van der Waals surface area contributed by atoms with E-state index in [4.69, 9.17) is 4.74 Å². The third kappa shape index (κ3) is 4.11. The van der Waals surface area contributed by atoms with Crippen molar-refractivity contribution in [3.63, 3.8) is 0 Å². The molecule has 0 aliphatic carbocycles. The second kappa shape index (κ2) is 7.80. The van der Waals surface area contributed by atoms with Crippen LogP contribution < -0.4 is 10.2 Å². The van der Waals surface area contributed by atoms with E-state index in [2.05, 4.69) is 70.7 Å². The first-order valence-corrected chi connectivity index (χ1v) is 9.36. The third-order valence-corrected chi connectivity index (χ3v) is 4.80. The number of anilines is 2. The lowest BCUT2D eigenvalue weighted by atomic mass is 10.1. The van der Waals surface area contributed by atoms with Gasteiger partial charge in [-0.3, -0.25) is 4.57 Å². The summed E-state index contributed by atoms with van der Waals surface area (Å²) in [6.07, 6.45) is 3.90. The molecule has 1 aliphatic rings. The summed E-state index contributed by atoms with van der Waals surface area (Å²) in [6.45, 7) is 6.89. The molecule has 1 aromatic heterocycles. The Morgan fingerprint density at radius 1 is 1.00 bits per heavy atom. The molecule has 0 bridgehead atoms. The fourth-order valence-corrected chi connectivity index (χ4v) is 3.65. The Balaban J connectivity index is 1.50. The molecular weight excluding hydrogens is 338 g/mol. The molecular formula is C21H25N5O. The van der Waals surface area contributed by atoms with Gasteiger partial charge in [0.15, 0.2) is 0 Å². The van der Waals surface area contributed by atoms with Crippen LogP contribution in [0.3, 0.4) is 0 Å². The van der Waals surface area contributed by atoms with Crippen molar-refractivity contribution in [3.05, 3.63) is 66.7 Å². The monoisotopic (exact) mass is 363 g/mol. The Morgan fingerprint density at radius 2 is 1.74 bits per heavy atom. The summed E-state index contributed by atoms with van der Waals surface area (Å²) in [5.41, 5.74) is 4.67. The molecule has 0 unspecified atom stereocenters.